The zero-order chi connectivity index (χ0) is 9.42. The van der Waals surface area contributed by atoms with Crippen LogP contribution in [0.15, 0.2) is 6.20 Å². The molecule has 0 aromatic carbocycles. The lowest BCUT2D eigenvalue weighted by Gasteiger charge is -2.17. The van der Waals surface area contributed by atoms with E-state index in [1.165, 1.54) is 0 Å². The Morgan fingerprint density at radius 1 is 1.62 bits per heavy atom. The van der Waals surface area contributed by atoms with Gasteiger partial charge < -0.3 is 4.90 Å². The molecule has 0 unspecified atom stereocenters. The Bertz CT molecular complexity index is 309. The van der Waals surface area contributed by atoms with Gasteiger partial charge in [0.25, 0.3) is 0 Å². The third kappa shape index (κ3) is 1.32. The predicted molar refractivity (Wildman–Crippen MR) is 47.7 cm³/mol. The first kappa shape index (κ1) is 8.29. The van der Waals surface area contributed by atoms with Crippen molar-refractivity contribution in [2.24, 2.45) is 5.92 Å². The van der Waals surface area contributed by atoms with Gasteiger partial charge in [-0.15, -0.1) is 0 Å². The van der Waals surface area contributed by atoms with E-state index in [1.807, 2.05) is 18.7 Å². The lowest BCUT2D eigenvalue weighted by molar-refractivity contribution is -0.135. The van der Waals surface area contributed by atoms with Gasteiger partial charge in [-0.25, -0.2) is 0 Å². The first-order valence-corrected chi connectivity index (χ1v) is 4.48. The zero-order valence-electron chi connectivity index (χ0n) is 7.87. The monoisotopic (exact) mass is 179 g/mol. The van der Waals surface area contributed by atoms with E-state index < -0.39 is 0 Å². The molecular formula is C9H13N3O. The second-order valence-electron chi connectivity index (χ2n) is 3.72. The Labute approximate surface area is 76.9 Å². The highest BCUT2D eigenvalue weighted by molar-refractivity contribution is 5.78. The average molecular weight is 179 g/mol. The number of carbonyl (C=O) groups is 1. The average Bonchev–Trinajstić information content (AvgIpc) is 2.59. The molecule has 13 heavy (non-hydrogen) atoms. The number of rotatable bonds is 1. The lowest BCUT2D eigenvalue weighted by Crippen LogP contribution is -2.29. The van der Waals surface area contributed by atoms with Crippen LogP contribution >= 0.6 is 0 Å². The smallest absolute Gasteiger partial charge is 0.225 e. The third-order valence-electron chi connectivity index (χ3n) is 2.32. The molecule has 2 rings (SSSR count). The van der Waals surface area contributed by atoms with E-state index in [1.54, 1.807) is 6.20 Å². The van der Waals surface area contributed by atoms with E-state index in [9.17, 15) is 4.79 Å². The highest BCUT2D eigenvalue weighted by Crippen LogP contribution is 2.21. The summed E-state index contributed by atoms with van der Waals surface area (Å²) in [5.41, 5.74) is 2.23. The van der Waals surface area contributed by atoms with Crippen molar-refractivity contribution in [3.05, 3.63) is 17.5 Å². The molecule has 1 aliphatic rings. The zero-order valence-corrected chi connectivity index (χ0v) is 7.87. The SMILES string of the molecule is CC(C)C(=O)N1Cc2cn[nH]c2C1. The number of nitrogens with zero attached hydrogens (tertiary/aromatic N) is 2. The maximum Gasteiger partial charge on any atom is 0.225 e. The molecular weight excluding hydrogens is 166 g/mol. The highest BCUT2D eigenvalue weighted by atomic mass is 16.2. The van der Waals surface area contributed by atoms with Gasteiger partial charge in [-0.1, -0.05) is 13.8 Å². The summed E-state index contributed by atoms with van der Waals surface area (Å²) in [4.78, 5) is 13.5. The fourth-order valence-corrected chi connectivity index (χ4v) is 1.58. The molecule has 0 bridgehead atoms. The second-order valence-corrected chi connectivity index (χ2v) is 3.72. The number of hydrogen-bond donors (Lipinski definition) is 1. The molecule has 1 amide bonds. The number of fused-ring (bicyclic) bond motifs is 1. The maximum atomic E-state index is 11.6. The highest BCUT2D eigenvalue weighted by Gasteiger charge is 2.25. The van der Waals surface area contributed by atoms with E-state index in [2.05, 4.69) is 10.2 Å². The van der Waals surface area contributed by atoms with E-state index in [0.717, 1.165) is 11.3 Å². The van der Waals surface area contributed by atoms with Crippen LogP contribution in [0.25, 0.3) is 0 Å². The Balaban J connectivity index is 2.10. The van der Waals surface area contributed by atoms with Crippen molar-refractivity contribution in [1.82, 2.24) is 15.1 Å². The van der Waals surface area contributed by atoms with Crippen molar-refractivity contribution in [3.8, 4) is 0 Å². The Hall–Kier alpha value is -1.32. The minimum Gasteiger partial charge on any atom is -0.332 e. The number of carbonyl (C=O) groups excluding carboxylic acids is 1. The molecule has 0 radical (unpaired) electrons. The van der Waals surface area contributed by atoms with Crippen LogP contribution in [0.1, 0.15) is 25.1 Å². The number of H-pyrrole nitrogens is 1. The van der Waals surface area contributed by atoms with E-state index in [4.69, 9.17) is 0 Å². The quantitative estimate of drug-likeness (QED) is 0.696. The first-order valence-electron chi connectivity index (χ1n) is 4.48. The van der Waals surface area contributed by atoms with Gasteiger partial charge in [0.1, 0.15) is 0 Å². The van der Waals surface area contributed by atoms with Crippen LogP contribution in [-0.4, -0.2) is 21.0 Å². The van der Waals surface area contributed by atoms with Gasteiger partial charge in [-0.05, 0) is 0 Å². The standard InChI is InChI=1S/C9H13N3O/c1-6(2)9(13)12-4-7-3-10-11-8(7)5-12/h3,6H,4-5H2,1-2H3,(H,10,11). The Morgan fingerprint density at radius 3 is 3.00 bits per heavy atom. The van der Waals surface area contributed by atoms with Gasteiger partial charge in [0.2, 0.25) is 5.91 Å². The van der Waals surface area contributed by atoms with Crippen LogP contribution in [0.2, 0.25) is 0 Å². The molecule has 0 aliphatic carbocycles. The Kier molecular flexibility index (Phi) is 1.83. The van der Waals surface area contributed by atoms with Crippen LogP contribution in [-0.2, 0) is 17.9 Å². The second kappa shape index (κ2) is 2.87. The number of aromatic amines is 1. The fourth-order valence-electron chi connectivity index (χ4n) is 1.58. The summed E-state index contributed by atoms with van der Waals surface area (Å²) in [6, 6.07) is 0. The molecule has 1 aliphatic heterocycles. The largest absolute Gasteiger partial charge is 0.332 e. The molecule has 0 spiro atoms. The van der Waals surface area contributed by atoms with Crippen molar-refractivity contribution >= 4 is 5.91 Å². The van der Waals surface area contributed by atoms with Gasteiger partial charge in [0, 0.05) is 18.0 Å². The van der Waals surface area contributed by atoms with Gasteiger partial charge in [0.15, 0.2) is 0 Å². The summed E-state index contributed by atoms with van der Waals surface area (Å²) in [5.74, 6) is 0.293. The first-order chi connectivity index (χ1) is 6.18. The molecule has 4 heteroatoms. The molecule has 1 N–H and O–H groups in total. The van der Waals surface area contributed by atoms with Crippen molar-refractivity contribution in [3.63, 3.8) is 0 Å². The minimum absolute atomic E-state index is 0.0805. The fraction of sp³-hybridized carbons (Fsp3) is 0.556. The van der Waals surface area contributed by atoms with Crippen LogP contribution in [0.4, 0.5) is 0 Å². The van der Waals surface area contributed by atoms with Gasteiger partial charge in [0.05, 0.1) is 18.4 Å². The van der Waals surface area contributed by atoms with E-state index in [0.29, 0.717) is 13.1 Å². The van der Waals surface area contributed by atoms with Gasteiger partial charge in [-0.2, -0.15) is 5.10 Å². The minimum atomic E-state index is 0.0805. The van der Waals surface area contributed by atoms with Crippen molar-refractivity contribution < 1.29 is 4.79 Å². The molecule has 2 heterocycles. The number of amides is 1. The normalized spacial score (nSPS) is 15.2. The molecule has 0 saturated carbocycles. The van der Waals surface area contributed by atoms with Crippen molar-refractivity contribution in [1.29, 1.82) is 0 Å². The molecule has 1 aromatic rings. The molecule has 1 aromatic heterocycles. The summed E-state index contributed by atoms with van der Waals surface area (Å²) in [6.07, 6.45) is 1.79. The summed E-state index contributed by atoms with van der Waals surface area (Å²) >= 11 is 0. The van der Waals surface area contributed by atoms with E-state index in [-0.39, 0.29) is 11.8 Å². The summed E-state index contributed by atoms with van der Waals surface area (Å²) in [6.45, 7) is 5.25. The Morgan fingerprint density at radius 2 is 2.38 bits per heavy atom. The molecule has 0 fully saturated rings. The summed E-state index contributed by atoms with van der Waals surface area (Å²) in [5, 5.41) is 6.82. The lowest BCUT2D eigenvalue weighted by atomic mass is 10.2. The van der Waals surface area contributed by atoms with Gasteiger partial charge in [-0.3, -0.25) is 9.89 Å². The molecule has 0 saturated heterocycles. The summed E-state index contributed by atoms with van der Waals surface area (Å²) in [7, 11) is 0. The van der Waals surface area contributed by atoms with Crippen molar-refractivity contribution in [2.45, 2.75) is 26.9 Å². The maximum absolute atomic E-state index is 11.6. The summed E-state index contributed by atoms with van der Waals surface area (Å²) < 4.78 is 0. The van der Waals surface area contributed by atoms with Crippen LogP contribution in [0.3, 0.4) is 0 Å². The number of hydrogen-bond acceptors (Lipinski definition) is 2. The molecule has 70 valence electrons. The van der Waals surface area contributed by atoms with Crippen LogP contribution < -0.4 is 0 Å². The molecule has 4 nitrogen and oxygen atoms in total. The van der Waals surface area contributed by atoms with Crippen LogP contribution in [0.5, 0.6) is 0 Å². The van der Waals surface area contributed by atoms with Gasteiger partial charge >= 0.3 is 0 Å². The third-order valence-corrected chi connectivity index (χ3v) is 2.32. The van der Waals surface area contributed by atoms with E-state index >= 15 is 0 Å². The van der Waals surface area contributed by atoms with Crippen LogP contribution in [0, 0.1) is 5.92 Å². The number of aromatic nitrogens is 2. The van der Waals surface area contributed by atoms with Crippen molar-refractivity contribution in [2.75, 3.05) is 0 Å². The molecule has 0 atom stereocenters. The number of nitrogens with one attached hydrogen (secondary N) is 1. The predicted octanol–water partition coefficient (Wildman–Crippen LogP) is 0.908. The topological polar surface area (TPSA) is 49.0 Å².